The van der Waals surface area contributed by atoms with Crippen LogP contribution in [-0.2, 0) is 41.7 Å². The Morgan fingerprint density at radius 2 is 1.46 bits per heavy atom. The normalized spacial score (nSPS) is 16.8. The summed E-state index contributed by atoms with van der Waals surface area (Å²) in [6, 6.07) is 22.9. The van der Waals surface area contributed by atoms with E-state index >= 15 is 0 Å². The van der Waals surface area contributed by atoms with Gasteiger partial charge in [0.05, 0.1) is 38.6 Å². The molecule has 7 amide bonds. The van der Waals surface area contributed by atoms with Gasteiger partial charge in [-0.05, 0) is 97.7 Å². The smallest absolute Gasteiger partial charge is 0.416 e. The highest BCUT2D eigenvalue weighted by atomic mass is 16.6. The van der Waals surface area contributed by atoms with Crippen molar-refractivity contribution in [1.29, 1.82) is 0 Å². The molecule has 4 aromatic rings. The average molecular weight is 986 g/mol. The molecule has 0 saturated heterocycles. The second-order valence-electron chi connectivity index (χ2n) is 17.4. The second kappa shape index (κ2) is 24.2. The summed E-state index contributed by atoms with van der Waals surface area (Å²) in [6.45, 7) is 0.297. The van der Waals surface area contributed by atoms with Crippen LogP contribution in [-0.4, -0.2) is 115 Å². The zero-order valence-electron chi connectivity index (χ0n) is 40.3. The van der Waals surface area contributed by atoms with Crippen LogP contribution >= 0.6 is 0 Å². The fraction of sp³-hybridized carbons (Fsp3) is 0.340. The van der Waals surface area contributed by atoms with Crippen LogP contribution < -0.4 is 40.8 Å². The third kappa shape index (κ3) is 12.5. The van der Waals surface area contributed by atoms with Crippen LogP contribution in [0.2, 0.25) is 0 Å². The molecule has 4 aromatic carbocycles. The molecule has 0 spiro atoms. The van der Waals surface area contributed by atoms with Crippen molar-refractivity contribution in [3.8, 4) is 17.2 Å². The Bertz CT molecular complexity index is 2680. The van der Waals surface area contributed by atoms with Gasteiger partial charge in [-0.2, -0.15) is 0 Å². The first kappa shape index (κ1) is 51.8. The summed E-state index contributed by atoms with van der Waals surface area (Å²) in [7, 11) is 4.40. The summed E-state index contributed by atoms with van der Waals surface area (Å²) < 4.78 is 22.1. The fourth-order valence-electron chi connectivity index (χ4n) is 8.69. The predicted octanol–water partition coefficient (Wildman–Crippen LogP) is 4.82. The number of nitrogens with two attached hydrogens (primary N) is 1. The zero-order valence-corrected chi connectivity index (χ0v) is 40.3. The number of imide groups is 1. The van der Waals surface area contributed by atoms with Gasteiger partial charge < -0.3 is 50.6 Å². The van der Waals surface area contributed by atoms with E-state index in [4.69, 9.17) is 24.7 Å². The number of methoxy groups -OCH3 is 3. The van der Waals surface area contributed by atoms with Crippen molar-refractivity contribution in [1.82, 2.24) is 20.4 Å². The van der Waals surface area contributed by atoms with E-state index in [1.54, 1.807) is 49.7 Å². The maximum Gasteiger partial charge on any atom is 0.416 e. The van der Waals surface area contributed by atoms with E-state index in [0.717, 1.165) is 26.5 Å². The highest BCUT2D eigenvalue weighted by Crippen LogP contribution is 2.43. The number of ether oxygens (including phenoxy) is 4. The van der Waals surface area contributed by atoms with Crippen molar-refractivity contribution in [2.75, 3.05) is 44.6 Å². The maximum absolute atomic E-state index is 14.2. The van der Waals surface area contributed by atoms with Crippen LogP contribution in [0, 0.1) is 0 Å². The van der Waals surface area contributed by atoms with E-state index in [1.165, 1.54) is 43.4 Å². The first-order valence-electron chi connectivity index (χ1n) is 23.7. The highest BCUT2D eigenvalue weighted by molar-refractivity contribution is 6.13. The summed E-state index contributed by atoms with van der Waals surface area (Å²) in [4.78, 5) is 96.8. The molecule has 19 nitrogen and oxygen atoms in total. The number of hydrogen-bond acceptors (Lipinski definition) is 13. The van der Waals surface area contributed by atoms with Crippen LogP contribution in [0.25, 0.3) is 5.57 Å². The SMILES string of the molecule is COc1ccc(C2=CN3C(=O)c4cc(OC)c(OC)cc4N(C(=O)OCc4ccc(NC(=O)[C@H](CCCCN)NC(=O)[C@H](Cc5ccccc5)NC(=O)CCCCN5C(=O)C=CC5=O)cc4)[C@@H](O)C3C2)cc1. The van der Waals surface area contributed by atoms with Crippen molar-refractivity contribution < 1.29 is 57.6 Å². The molecule has 72 heavy (non-hydrogen) atoms. The van der Waals surface area contributed by atoms with Gasteiger partial charge in [-0.3, -0.25) is 33.7 Å². The molecular weight excluding hydrogens is 927 g/mol. The molecule has 4 atom stereocenters. The molecule has 0 aliphatic carbocycles. The lowest BCUT2D eigenvalue weighted by molar-refractivity contribution is -0.136. The summed E-state index contributed by atoms with van der Waals surface area (Å²) >= 11 is 0. The van der Waals surface area contributed by atoms with Crippen molar-refractivity contribution in [2.24, 2.45) is 5.73 Å². The lowest BCUT2D eigenvalue weighted by Crippen LogP contribution is -2.53. The van der Waals surface area contributed by atoms with E-state index in [9.17, 15) is 38.7 Å². The topological polar surface area (TPSA) is 248 Å². The van der Waals surface area contributed by atoms with E-state index < -0.39 is 65.9 Å². The van der Waals surface area contributed by atoms with Crippen molar-refractivity contribution in [3.63, 3.8) is 0 Å². The van der Waals surface area contributed by atoms with Crippen molar-refractivity contribution >= 4 is 58.5 Å². The molecule has 0 fully saturated rings. The van der Waals surface area contributed by atoms with Gasteiger partial charge in [-0.15, -0.1) is 0 Å². The lowest BCUT2D eigenvalue weighted by Gasteiger charge is -2.31. The van der Waals surface area contributed by atoms with Gasteiger partial charge in [0.1, 0.15) is 24.4 Å². The number of hydrogen-bond donors (Lipinski definition) is 5. The molecule has 3 aliphatic rings. The molecule has 7 rings (SSSR count). The molecular formula is C53H59N7O12. The number of aliphatic hydroxyl groups excluding tert-OH is 1. The second-order valence-corrected chi connectivity index (χ2v) is 17.4. The molecule has 0 bridgehead atoms. The van der Waals surface area contributed by atoms with Crippen molar-refractivity contribution in [2.45, 2.75) is 82.3 Å². The molecule has 0 saturated carbocycles. The number of nitrogens with one attached hydrogen (secondary N) is 3. The summed E-state index contributed by atoms with van der Waals surface area (Å²) in [5, 5.41) is 20.5. The quantitative estimate of drug-likeness (QED) is 0.0525. The number of nitrogens with zero attached hydrogens (tertiary/aromatic N) is 3. The predicted molar refractivity (Wildman–Crippen MR) is 265 cm³/mol. The summed E-state index contributed by atoms with van der Waals surface area (Å²) in [5.41, 5.74) is 9.17. The monoisotopic (exact) mass is 985 g/mol. The first-order valence-corrected chi connectivity index (χ1v) is 23.7. The molecule has 19 heteroatoms. The third-order valence-electron chi connectivity index (χ3n) is 12.6. The van der Waals surface area contributed by atoms with Crippen LogP contribution in [0.4, 0.5) is 16.2 Å². The average Bonchev–Trinajstić information content (AvgIpc) is 3.97. The number of carbonyl (C=O) groups excluding carboxylic acids is 7. The molecule has 1 unspecified atom stereocenters. The molecule has 0 radical (unpaired) electrons. The van der Waals surface area contributed by atoms with Crippen LogP contribution in [0.1, 0.15) is 72.0 Å². The number of benzene rings is 4. The van der Waals surface area contributed by atoms with Gasteiger partial charge in [-0.1, -0.05) is 54.6 Å². The Morgan fingerprint density at radius 3 is 2.12 bits per heavy atom. The number of aliphatic hydroxyl groups is 1. The summed E-state index contributed by atoms with van der Waals surface area (Å²) in [6.07, 6.45) is 4.14. The van der Waals surface area contributed by atoms with Crippen molar-refractivity contribution in [3.05, 3.63) is 132 Å². The minimum absolute atomic E-state index is 0.0433. The summed E-state index contributed by atoms with van der Waals surface area (Å²) in [5.74, 6) is -1.62. The molecule has 3 aliphatic heterocycles. The fourth-order valence-corrected chi connectivity index (χ4v) is 8.69. The number of carbonyl (C=O) groups is 7. The molecule has 0 aromatic heterocycles. The van der Waals surface area contributed by atoms with Gasteiger partial charge >= 0.3 is 6.09 Å². The van der Waals surface area contributed by atoms with Gasteiger partial charge in [-0.25, -0.2) is 9.69 Å². The van der Waals surface area contributed by atoms with E-state index in [0.29, 0.717) is 49.2 Å². The number of amides is 7. The van der Waals surface area contributed by atoms with Crippen LogP contribution in [0.3, 0.4) is 0 Å². The van der Waals surface area contributed by atoms with Gasteiger partial charge in [0, 0.05) is 49.5 Å². The Labute approximate surface area is 416 Å². The number of fused-ring (bicyclic) bond motifs is 2. The largest absolute Gasteiger partial charge is 0.497 e. The molecule has 3 heterocycles. The first-order chi connectivity index (χ1) is 34.8. The minimum Gasteiger partial charge on any atom is -0.497 e. The standard InChI is InChI=1S/C53H59N7O12/c1-69-38-21-17-35(18-22-38)36-28-43-52(67)60(42-30-45(71-3)44(70-2)29-39(42)51(66)59(43)31-36)53(68)72-32-34-15-19-37(20-16-34)55-49(64)40(13-7-9-25-54)57-50(65)41(27-33-11-5-4-6-12-33)56-46(61)14-8-10-26-58-47(62)23-24-48(58)63/h4-6,11-12,15-24,29-31,40-41,43,52,67H,7-10,13-14,25-28,32,54H2,1-3H3,(H,55,64)(H,56,61)(H,57,65)/t40-,41-,43?,52-/m0/s1. The van der Waals surface area contributed by atoms with Gasteiger partial charge in [0.2, 0.25) is 17.7 Å². The van der Waals surface area contributed by atoms with Gasteiger partial charge in [0.15, 0.2) is 17.7 Å². The Morgan fingerprint density at radius 1 is 0.764 bits per heavy atom. The number of anilines is 2. The Balaban J connectivity index is 1.00. The highest BCUT2D eigenvalue weighted by Gasteiger charge is 2.46. The van der Waals surface area contributed by atoms with E-state index in [-0.39, 0.29) is 61.6 Å². The number of unbranched alkanes of at least 4 members (excludes halogenated alkanes) is 2. The van der Waals surface area contributed by atoms with Crippen LogP contribution in [0.15, 0.2) is 109 Å². The lowest BCUT2D eigenvalue weighted by atomic mass is 10.0. The number of rotatable bonds is 22. The third-order valence-corrected chi connectivity index (χ3v) is 12.6. The molecule has 378 valence electrons. The van der Waals surface area contributed by atoms with Crippen LogP contribution in [0.5, 0.6) is 17.2 Å². The molecule has 6 N–H and O–H groups in total. The maximum atomic E-state index is 14.2. The minimum atomic E-state index is -1.55. The van der Waals surface area contributed by atoms with E-state index in [1.807, 2.05) is 42.5 Å². The Hall–Kier alpha value is -8.03. The van der Waals surface area contributed by atoms with Gasteiger partial charge in [0.25, 0.3) is 17.7 Å². The Kier molecular flexibility index (Phi) is 17.4. The zero-order chi connectivity index (χ0) is 51.3. The van der Waals surface area contributed by atoms with E-state index in [2.05, 4.69) is 16.0 Å².